The molecule has 0 radical (unpaired) electrons. The number of nitrogens with zero attached hydrogens (tertiary/aromatic N) is 3. The highest BCUT2D eigenvalue weighted by atomic mass is 32.1. The fraction of sp³-hybridized carbons (Fsp3) is 0.250. The van der Waals surface area contributed by atoms with E-state index in [1.165, 1.54) is 97.8 Å². The first kappa shape index (κ1) is 38.4. The summed E-state index contributed by atoms with van der Waals surface area (Å²) in [5, 5.41) is 6.65. The summed E-state index contributed by atoms with van der Waals surface area (Å²) < 4.78 is 8.97. The van der Waals surface area contributed by atoms with Gasteiger partial charge in [0.05, 0.1) is 28.5 Å². The molecule has 10 rings (SSSR count). The number of rotatable bonds is 5. The van der Waals surface area contributed by atoms with Crippen LogP contribution in [0.2, 0.25) is 0 Å². The van der Waals surface area contributed by atoms with E-state index < -0.39 is 0 Å². The van der Waals surface area contributed by atoms with Gasteiger partial charge in [-0.05, 0) is 96.8 Å². The second kappa shape index (κ2) is 14.4. The third-order valence-corrected chi connectivity index (χ3v) is 14.7. The number of pyridine rings is 2. The molecule has 0 saturated heterocycles. The van der Waals surface area contributed by atoms with Gasteiger partial charge < -0.3 is 4.40 Å². The molecule has 3 nitrogen and oxygen atoms in total. The van der Waals surface area contributed by atoms with Gasteiger partial charge in [-0.2, -0.15) is 9.13 Å². The SMILES string of the molecule is C=C/C=C\c1c(C)sc2c1cc1c3cc4c(cc3n3c5ccccc5c2c13)CCc1ccccc1-c1cccc[n+]1C(=C)CC(CC)(CC)[n+]1ccc(CC(C)(C)C)cc1-4. The van der Waals surface area contributed by atoms with Gasteiger partial charge in [-0.15, -0.1) is 11.3 Å². The van der Waals surface area contributed by atoms with Crippen molar-refractivity contribution in [1.82, 2.24) is 4.40 Å². The van der Waals surface area contributed by atoms with Gasteiger partial charge in [-0.1, -0.05) is 95.8 Å². The molecule has 0 spiro atoms. The highest BCUT2D eigenvalue weighted by Crippen LogP contribution is 2.48. The van der Waals surface area contributed by atoms with Crippen molar-refractivity contribution in [2.75, 3.05) is 0 Å². The van der Waals surface area contributed by atoms with Gasteiger partial charge in [0.15, 0.2) is 23.6 Å². The molecule has 5 aromatic heterocycles. The van der Waals surface area contributed by atoms with Crippen LogP contribution in [0.15, 0.2) is 135 Å². The van der Waals surface area contributed by atoms with Crippen molar-refractivity contribution in [3.63, 3.8) is 0 Å². The molecule has 0 fully saturated rings. The van der Waals surface area contributed by atoms with E-state index >= 15 is 0 Å². The summed E-state index contributed by atoms with van der Waals surface area (Å²) >= 11 is 1.92. The van der Waals surface area contributed by atoms with Crippen LogP contribution < -0.4 is 9.13 Å². The zero-order valence-electron chi connectivity index (χ0n) is 36.0. The smallest absolute Gasteiger partial charge is 0.218 e. The first-order valence-electron chi connectivity index (χ1n) is 21.8. The lowest BCUT2D eigenvalue weighted by molar-refractivity contribution is -0.758. The molecule has 9 aromatic rings. The fourth-order valence-electron chi connectivity index (χ4n) is 10.6. The molecular formula is C56H55N3S+2. The summed E-state index contributed by atoms with van der Waals surface area (Å²) in [5.41, 5.74) is 15.5. The Labute approximate surface area is 358 Å². The minimum absolute atomic E-state index is 0.149. The first-order chi connectivity index (χ1) is 29.0. The van der Waals surface area contributed by atoms with Crippen molar-refractivity contribution in [2.24, 2.45) is 5.41 Å². The second-order valence-electron chi connectivity index (χ2n) is 18.4. The Bertz CT molecular complexity index is 3210. The van der Waals surface area contributed by atoms with Crippen LogP contribution in [0.5, 0.6) is 0 Å². The van der Waals surface area contributed by atoms with Crippen LogP contribution in [0.4, 0.5) is 0 Å². The van der Waals surface area contributed by atoms with Gasteiger partial charge in [-0.3, -0.25) is 0 Å². The zero-order chi connectivity index (χ0) is 41.5. The van der Waals surface area contributed by atoms with Crippen molar-refractivity contribution in [3.05, 3.63) is 162 Å². The largest absolute Gasteiger partial charge is 0.308 e. The lowest BCUT2D eigenvalue weighted by Crippen LogP contribution is -2.58. The van der Waals surface area contributed by atoms with E-state index in [1.807, 2.05) is 17.4 Å². The van der Waals surface area contributed by atoms with E-state index in [1.54, 1.807) is 0 Å². The molecular weight excluding hydrogens is 747 g/mol. The van der Waals surface area contributed by atoms with Crippen LogP contribution in [0.3, 0.4) is 0 Å². The zero-order valence-corrected chi connectivity index (χ0v) is 36.8. The van der Waals surface area contributed by atoms with Crippen molar-refractivity contribution >= 4 is 71.3 Å². The van der Waals surface area contributed by atoms with E-state index in [-0.39, 0.29) is 11.0 Å². The van der Waals surface area contributed by atoms with Gasteiger partial charge in [-0.25, -0.2) is 0 Å². The number of allylic oxidation sites excluding steroid dienone is 3. The second-order valence-corrected chi connectivity index (χ2v) is 19.6. The normalized spacial score (nSPS) is 14.7. The number of hydrogen-bond donors (Lipinski definition) is 0. The summed E-state index contributed by atoms with van der Waals surface area (Å²) in [7, 11) is 0. The topological polar surface area (TPSA) is 12.2 Å². The van der Waals surface area contributed by atoms with E-state index in [9.17, 15) is 0 Å². The van der Waals surface area contributed by atoms with E-state index in [0.717, 1.165) is 44.2 Å². The summed E-state index contributed by atoms with van der Waals surface area (Å²) in [4.78, 5) is 1.34. The molecule has 0 aliphatic carbocycles. The van der Waals surface area contributed by atoms with E-state index in [0.29, 0.717) is 0 Å². The Balaban J connectivity index is 1.35. The summed E-state index contributed by atoms with van der Waals surface area (Å²) in [6.45, 7) is 22.9. The lowest BCUT2D eigenvalue weighted by Gasteiger charge is -2.28. The van der Waals surface area contributed by atoms with Crippen LogP contribution in [0.25, 0.3) is 82.5 Å². The predicted molar refractivity (Wildman–Crippen MR) is 257 cm³/mol. The van der Waals surface area contributed by atoms with Crippen LogP contribution >= 0.6 is 11.3 Å². The molecule has 6 heterocycles. The predicted octanol–water partition coefficient (Wildman–Crippen LogP) is 14.2. The van der Waals surface area contributed by atoms with Crippen LogP contribution in [0, 0.1) is 12.3 Å². The summed E-state index contributed by atoms with van der Waals surface area (Å²) in [6.07, 6.45) is 16.5. The van der Waals surface area contributed by atoms with Crippen molar-refractivity contribution < 1.29 is 9.13 Å². The molecule has 298 valence electrons. The van der Waals surface area contributed by atoms with Crippen molar-refractivity contribution in [3.8, 4) is 22.5 Å². The molecule has 1 aliphatic rings. The first-order valence-corrected chi connectivity index (χ1v) is 22.6. The number of fused-ring (bicyclic) bond motifs is 14. The van der Waals surface area contributed by atoms with E-state index in [4.69, 9.17) is 6.58 Å². The Morgan fingerprint density at radius 3 is 2.33 bits per heavy atom. The number of aryl methyl sites for hydroxylation is 3. The molecule has 4 heteroatoms. The fourth-order valence-corrected chi connectivity index (χ4v) is 11.8. The Morgan fingerprint density at radius 1 is 0.767 bits per heavy atom. The maximum atomic E-state index is 4.85. The molecule has 0 saturated carbocycles. The summed E-state index contributed by atoms with van der Waals surface area (Å²) in [6, 6.07) is 37.3. The number of thiophene rings is 1. The number of benzene rings is 4. The standard InChI is InChI=1S/C56H55N3S/c1-9-12-20-41-37(5)60-54-47(41)33-46-45-32-44-40(31-51(45)59-49-24-16-15-22-43(49)52(54)53(46)59)26-25-39-19-13-14-21-42(39)48-23-17-18-28-57(48)36(4)34-56(10-2,11-3)58-29-27-38(30-50(44)58)35-55(6,7)8/h9,12-24,27-33H,1,4,10-11,25-26,34-35H2,2-3,5-8H3/q+2/b20-12-. The number of hydrogen-bond acceptors (Lipinski definition) is 1. The van der Waals surface area contributed by atoms with Crippen molar-refractivity contribution in [1.29, 1.82) is 0 Å². The molecule has 0 amide bonds. The van der Waals surface area contributed by atoms with Gasteiger partial charge >= 0.3 is 0 Å². The van der Waals surface area contributed by atoms with Gasteiger partial charge in [0, 0.05) is 79.2 Å². The van der Waals surface area contributed by atoms with Crippen LogP contribution in [0.1, 0.15) is 81.0 Å². The summed E-state index contributed by atoms with van der Waals surface area (Å²) in [5.74, 6) is 0. The molecule has 0 N–H and O–H groups in total. The van der Waals surface area contributed by atoms with Crippen LogP contribution in [-0.2, 0) is 24.8 Å². The van der Waals surface area contributed by atoms with Crippen LogP contribution in [-0.4, -0.2) is 4.40 Å². The number of aromatic nitrogens is 3. The Kier molecular flexibility index (Phi) is 9.22. The lowest BCUT2D eigenvalue weighted by atomic mass is 9.84. The quantitative estimate of drug-likeness (QED) is 0.121. The molecule has 4 aromatic carbocycles. The van der Waals surface area contributed by atoms with Gasteiger partial charge in [0.2, 0.25) is 11.4 Å². The molecule has 1 aliphatic heterocycles. The molecule has 0 unspecified atom stereocenters. The highest BCUT2D eigenvalue weighted by molar-refractivity contribution is 7.20. The van der Waals surface area contributed by atoms with Gasteiger partial charge in [0.25, 0.3) is 0 Å². The van der Waals surface area contributed by atoms with E-state index in [2.05, 4.69) is 183 Å². The highest BCUT2D eigenvalue weighted by Gasteiger charge is 2.43. The average Bonchev–Trinajstić information content (AvgIpc) is 3.87. The maximum absolute atomic E-state index is 4.85. The molecule has 0 bridgehead atoms. The maximum Gasteiger partial charge on any atom is 0.218 e. The Hall–Kier alpha value is -5.84. The average molecular weight is 802 g/mol. The molecule has 0 atom stereocenters. The third kappa shape index (κ3) is 5.97. The minimum Gasteiger partial charge on any atom is -0.308 e. The monoisotopic (exact) mass is 801 g/mol. The minimum atomic E-state index is -0.203. The molecule has 60 heavy (non-hydrogen) atoms. The Morgan fingerprint density at radius 2 is 1.53 bits per heavy atom. The number of para-hydroxylation sites is 1. The third-order valence-electron chi connectivity index (χ3n) is 13.5. The van der Waals surface area contributed by atoms with Crippen molar-refractivity contribution in [2.45, 2.75) is 85.6 Å². The van der Waals surface area contributed by atoms with Gasteiger partial charge in [0.1, 0.15) is 0 Å².